The number of piperazine rings is 1. The lowest BCUT2D eigenvalue weighted by Crippen LogP contribution is -2.52. The molecule has 0 radical (unpaired) electrons. The highest BCUT2D eigenvalue weighted by atomic mass is 32.1. The van der Waals surface area contributed by atoms with Gasteiger partial charge in [0.25, 0.3) is 11.8 Å². The van der Waals surface area contributed by atoms with Crippen molar-refractivity contribution in [2.24, 2.45) is 5.92 Å². The number of aryl methyl sites for hydroxylation is 2. The van der Waals surface area contributed by atoms with E-state index < -0.39 is 6.04 Å². The molecule has 3 aromatic rings. The number of thiazole rings is 1. The number of nitrogens with zero attached hydrogens (tertiary/aromatic N) is 5. The average Bonchev–Trinajstić information content (AvgIpc) is 3.60. The number of rotatable bonds is 5. The van der Waals surface area contributed by atoms with Crippen LogP contribution in [0.1, 0.15) is 62.7 Å². The number of benzene rings is 2. The van der Waals surface area contributed by atoms with Crippen LogP contribution in [0.4, 0.5) is 11.4 Å². The van der Waals surface area contributed by atoms with Crippen molar-refractivity contribution in [1.82, 2.24) is 14.8 Å². The Morgan fingerprint density at radius 1 is 0.925 bits per heavy atom. The van der Waals surface area contributed by atoms with E-state index in [0.717, 1.165) is 49.7 Å². The molecular formula is C31H35N5O3S. The van der Waals surface area contributed by atoms with Gasteiger partial charge in [0.15, 0.2) is 0 Å². The predicted octanol–water partition coefficient (Wildman–Crippen LogP) is 4.68. The van der Waals surface area contributed by atoms with E-state index in [-0.39, 0.29) is 23.6 Å². The van der Waals surface area contributed by atoms with Crippen LogP contribution in [0, 0.1) is 19.8 Å². The van der Waals surface area contributed by atoms with Crippen molar-refractivity contribution in [2.75, 3.05) is 49.1 Å². The fourth-order valence-electron chi connectivity index (χ4n) is 6.41. The minimum absolute atomic E-state index is 0.0144. The molecule has 0 N–H and O–H groups in total. The maximum atomic E-state index is 13.5. The van der Waals surface area contributed by atoms with E-state index >= 15 is 0 Å². The number of piperidine rings is 1. The number of carbonyl (C=O) groups excluding carboxylic acids is 3. The zero-order valence-corrected chi connectivity index (χ0v) is 24.1. The van der Waals surface area contributed by atoms with Gasteiger partial charge in [-0.1, -0.05) is 23.8 Å². The highest BCUT2D eigenvalue weighted by Gasteiger charge is 2.42. The first-order valence-corrected chi connectivity index (χ1v) is 15.0. The van der Waals surface area contributed by atoms with Gasteiger partial charge in [-0.15, -0.1) is 11.3 Å². The van der Waals surface area contributed by atoms with Crippen LogP contribution in [0.2, 0.25) is 0 Å². The maximum Gasteiger partial charge on any atom is 0.264 e. The van der Waals surface area contributed by atoms with Gasteiger partial charge in [0.2, 0.25) is 5.91 Å². The van der Waals surface area contributed by atoms with Crippen LogP contribution < -0.4 is 9.80 Å². The van der Waals surface area contributed by atoms with Gasteiger partial charge < -0.3 is 14.7 Å². The lowest BCUT2D eigenvalue weighted by molar-refractivity contribution is -0.136. The molecule has 2 saturated heterocycles. The minimum atomic E-state index is -0.418. The van der Waals surface area contributed by atoms with Gasteiger partial charge in [0.05, 0.1) is 22.9 Å². The molecule has 3 aliphatic heterocycles. The van der Waals surface area contributed by atoms with Crippen LogP contribution in [0.5, 0.6) is 0 Å². The third-order valence-corrected chi connectivity index (χ3v) is 9.54. The molecule has 0 spiro atoms. The van der Waals surface area contributed by atoms with E-state index in [9.17, 15) is 14.4 Å². The molecule has 2 aromatic carbocycles. The van der Waals surface area contributed by atoms with E-state index in [1.165, 1.54) is 33.1 Å². The minimum Gasteiger partial charge on any atom is -0.371 e. The number of aromatic nitrogens is 1. The Bertz CT molecular complexity index is 1440. The summed E-state index contributed by atoms with van der Waals surface area (Å²) in [6.07, 6.45) is 3.17. The van der Waals surface area contributed by atoms with Crippen molar-refractivity contribution in [1.29, 1.82) is 0 Å². The summed E-state index contributed by atoms with van der Waals surface area (Å²) in [6, 6.07) is 11.7. The number of hydrogen-bond acceptors (Lipinski definition) is 7. The number of anilines is 2. The number of imide groups is 1. The van der Waals surface area contributed by atoms with Gasteiger partial charge in [-0.05, 0) is 57.4 Å². The lowest BCUT2D eigenvalue weighted by atomic mass is 9.93. The zero-order chi connectivity index (χ0) is 28.0. The molecule has 1 atom stereocenters. The summed E-state index contributed by atoms with van der Waals surface area (Å²) < 4.78 is 0. The molecular weight excluding hydrogens is 522 g/mol. The number of amides is 3. The predicted molar refractivity (Wildman–Crippen MR) is 157 cm³/mol. The van der Waals surface area contributed by atoms with E-state index in [1.807, 2.05) is 29.3 Å². The molecule has 0 unspecified atom stereocenters. The third-order valence-electron chi connectivity index (χ3n) is 8.59. The summed E-state index contributed by atoms with van der Waals surface area (Å²) in [4.78, 5) is 52.5. The van der Waals surface area contributed by atoms with Gasteiger partial charge in [-0.3, -0.25) is 19.3 Å². The van der Waals surface area contributed by atoms with Crippen molar-refractivity contribution in [2.45, 2.75) is 39.7 Å². The van der Waals surface area contributed by atoms with Gasteiger partial charge in [0.1, 0.15) is 5.01 Å². The Morgan fingerprint density at radius 3 is 2.33 bits per heavy atom. The SMILES string of the molecule is Cc1ccc(N2CCN(C(=O)C3CCN(c4cccc5c4C(=O)N([C@H](C)c4nccs4)C5=O)CC3)CC2)c(C)c1. The third kappa shape index (κ3) is 4.66. The topological polar surface area (TPSA) is 77.1 Å². The van der Waals surface area contributed by atoms with Crippen LogP contribution in [-0.4, -0.2) is 71.8 Å². The van der Waals surface area contributed by atoms with Crippen molar-refractivity contribution in [3.05, 3.63) is 75.2 Å². The van der Waals surface area contributed by atoms with Crippen LogP contribution >= 0.6 is 11.3 Å². The highest BCUT2D eigenvalue weighted by Crippen LogP contribution is 2.38. The van der Waals surface area contributed by atoms with Crippen molar-refractivity contribution < 1.29 is 14.4 Å². The number of fused-ring (bicyclic) bond motifs is 1. The van der Waals surface area contributed by atoms with Gasteiger partial charge in [0, 0.05) is 62.5 Å². The Balaban J connectivity index is 1.09. The number of carbonyl (C=O) groups is 3. The van der Waals surface area contributed by atoms with Crippen LogP contribution in [0.15, 0.2) is 48.0 Å². The molecule has 8 nitrogen and oxygen atoms in total. The van der Waals surface area contributed by atoms with Crippen LogP contribution in [-0.2, 0) is 4.79 Å². The van der Waals surface area contributed by atoms with Crippen molar-refractivity contribution in [3.8, 4) is 0 Å². The fraction of sp³-hybridized carbons (Fsp3) is 0.419. The van der Waals surface area contributed by atoms with Gasteiger partial charge >= 0.3 is 0 Å². The van der Waals surface area contributed by atoms with E-state index in [2.05, 4.69) is 46.8 Å². The average molecular weight is 558 g/mol. The lowest BCUT2D eigenvalue weighted by Gasteiger charge is -2.40. The number of hydrogen-bond donors (Lipinski definition) is 0. The smallest absolute Gasteiger partial charge is 0.264 e. The Morgan fingerprint density at radius 2 is 1.65 bits per heavy atom. The fourth-order valence-corrected chi connectivity index (χ4v) is 7.09. The Kier molecular flexibility index (Phi) is 7.08. The molecule has 3 amide bonds. The second-order valence-corrected chi connectivity index (χ2v) is 12.0. The maximum absolute atomic E-state index is 13.5. The molecule has 1 aromatic heterocycles. The molecule has 6 rings (SSSR count). The molecule has 2 fully saturated rings. The van der Waals surface area contributed by atoms with E-state index in [1.54, 1.807) is 12.3 Å². The van der Waals surface area contributed by atoms with Crippen molar-refractivity contribution >= 4 is 40.4 Å². The Hall–Kier alpha value is -3.72. The Labute approximate surface area is 239 Å². The second kappa shape index (κ2) is 10.7. The summed E-state index contributed by atoms with van der Waals surface area (Å²) >= 11 is 1.44. The standard InChI is InChI=1S/C31H35N5O3S/c1-20-7-8-25(21(2)19-20)34-14-16-35(17-15-34)29(37)23-9-12-33(13-10-23)26-6-4-5-24-27(26)31(39)36(30(24)38)22(3)28-32-11-18-40-28/h4-8,11,18-19,22-23H,9-10,12-17H2,1-3H3/t22-/m1/s1. The molecule has 0 saturated carbocycles. The first-order chi connectivity index (χ1) is 19.3. The van der Waals surface area contributed by atoms with Gasteiger partial charge in [-0.25, -0.2) is 4.98 Å². The normalized spacial score (nSPS) is 18.9. The summed E-state index contributed by atoms with van der Waals surface area (Å²) in [5.41, 5.74) is 5.52. The van der Waals surface area contributed by atoms with Gasteiger partial charge in [-0.2, -0.15) is 0 Å². The summed E-state index contributed by atoms with van der Waals surface area (Å²) in [5, 5.41) is 2.59. The molecule has 0 aliphatic carbocycles. The van der Waals surface area contributed by atoms with E-state index in [4.69, 9.17) is 0 Å². The molecule has 4 heterocycles. The summed E-state index contributed by atoms with van der Waals surface area (Å²) in [7, 11) is 0. The van der Waals surface area contributed by atoms with Crippen molar-refractivity contribution in [3.63, 3.8) is 0 Å². The molecule has 9 heteroatoms. The van der Waals surface area contributed by atoms with E-state index in [0.29, 0.717) is 24.2 Å². The largest absolute Gasteiger partial charge is 0.371 e. The molecule has 3 aliphatic rings. The monoisotopic (exact) mass is 557 g/mol. The summed E-state index contributed by atoms with van der Waals surface area (Å²) in [5.74, 6) is -0.305. The quantitative estimate of drug-likeness (QED) is 0.424. The van der Waals surface area contributed by atoms with Crippen LogP contribution in [0.25, 0.3) is 0 Å². The first kappa shape index (κ1) is 26.5. The second-order valence-electron chi connectivity index (χ2n) is 11.1. The first-order valence-electron chi connectivity index (χ1n) is 14.1. The van der Waals surface area contributed by atoms with Crippen LogP contribution in [0.3, 0.4) is 0 Å². The summed E-state index contributed by atoms with van der Waals surface area (Å²) in [6.45, 7) is 10.6. The molecule has 208 valence electrons. The highest BCUT2D eigenvalue weighted by molar-refractivity contribution is 7.09. The molecule has 0 bridgehead atoms. The zero-order valence-electron chi connectivity index (χ0n) is 23.3. The molecule has 40 heavy (non-hydrogen) atoms.